The highest BCUT2D eigenvalue weighted by Crippen LogP contribution is 2.18. The third-order valence-corrected chi connectivity index (χ3v) is 3.92. The number of aliphatic hydroxyl groups is 1. The molecule has 1 aromatic rings. The van der Waals surface area contributed by atoms with Crippen LogP contribution in [0.4, 0.5) is 0 Å². The van der Waals surface area contributed by atoms with Crippen molar-refractivity contribution in [2.45, 2.75) is 31.7 Å². The topological polar surface area (TPSA) is 32.7 Å². The second-order valence-electron chi connectivity index (χ2n) is 5.02. The first-order valence-electron chi connectivity index (χ1n) is 7.03. The Morgan fingerprint density at radius 3 is 2.74 bits per heavy atom. The maximum Gasteiger partial charge on any atom is 0.119 e. The van der Waals surface area contributed by atoms with Crippen LogP contribution in [0.1, 0.15) is 25.7 Å². The summed E-state index contributed by atoms with van der Waals surface area (Å²) in [5.41, 5.74) is 0. The smallest absolute Gasteiger partial charge is 0.119 e. The summed E-state index contributed by atoms with van der Waals surface area (Å²) in [5.74, 6) is 0.847. The van der Waals surface area contributed by atoms with Crippen LogP contribution in [0.2, 0.25) is 5.02 Å². The molecule has 1 aliphatic heterocycles. The van der Waals surface area contributed by atoms with Crippen LogP contribution >= 0.6 is 11.6 Å². The molecule has 4 heteroatoms. The molecule has 3 nitrogen and oxygen atoms in total. The maximum atomic E-state index is 9.44. The number of halogens is 1. The molecule has 1 N–H and O–H groups in total. The molecule has 1 heterocycles. The third kappa shape index (κ3) is 4.68. The van der Waals surface area contributed by atoms with E-state index in [-0.39, 0.29) is 6.61 Å². The van der Waals surface area contributed by atoms with E-state index in [1.165, 1.54) is 19.3 Å². The molecule has 1 aromatic carbocycles. The highest BCUT2D eigenvalue weighted by atomic mass is 35.5. The molecular formula is C15H22ClNO2. The van der Waals surface area contributed by atoms with Crippen molar-refractivity contribution >= 4 is 11.6 Å². The average Bonchev–Trinajstić information content (AvgIpc) is 2.66. The van der Waals surface area contributed by atoms with Crippen molar-refractivity contribution in [2.24, 2.45) is 0 Å². The van der Waals surface area contributed by atoms with Crippen LogP contribution in [-0.2, 0) is 0 Å². The van der Waals surface area contributed by atoms with Crippen molar-refractivity contribution in [3.05, 3.63) is 29.3 Å². The second-order valence-corrected chi connectivity index (χ2v) is 5.46. The fourth-order valence-corrected chi connectivity index (χ4v) is 2.68. The molecule has 19 heavy (non-hydrogen) atoms. The highest BCUT2D eigenvalue weighted by Gasteiger charge is 2.19. The van der Waals surface area contributed by atoms with Crippen molar-refractivity contribution in [2.75, 3.05) is 26.3 Å². The summed E-state index contributed by atoms with van der Waals surface area (Å²) >= 11 is 5.83. The van der Waals surface area contributed by atoms with E-state index in [0.717, 1.165) is 30.3 Å². The van der Waals surface area contributed by atoms with E-state index in [0.29, 0.717) is 12.6 Å². The number of nitrogens with zero attached hydrogens (tertiary/aromatic N) is 1. The molecule has 0 amide bonds. The van der Waals surface area contributed by atoms with Gasteiger partial charge in [0.05, 0.1) is 6.61 Å². The molecule has 0 radical (unpaired) electrons. The lowest BCUT2D eigenvalue weighted by Gasteiger charge is -2.28. The summed E-state index contributed by atoms with van der Waals surface area (Å²) in [7, 11) is 0. The van der Waals surface area contributed by atoms with Gasteiger partial charge >= 0.3 is 0 Å². The van der Waals surface area contributed by atoms with Gasteiger partial charge in [0.15, 0.2) is 0 Å². The Morgan fingerprint density at radius 2 is 2.00 bits per heavy atom. The minimum atomic E-state index is 0.251. The largest absolute Gasteiger partial charge is 0.492 e. The van der Waals surface area contributed by atoms with E-state index in [9.17, 15) is 5.11 Å². The second kappa shape index (κ2) is 7.73. The van der Waals surface area contributed by atoms with Crippen LogP contribution < -0.4 is 4.74 Å². The highest BCUT2D eigenvalue weighted by molar-refractivity contribution is 6.30. The van der Waals surface area contributed by atoms with Gasteiger partial charge in [0, 0.05) is 17.6 Å². The zero-order chi connectivity index (χ0) is 13.5. The molecule has 1 unspecified atom stereocenters. The van der Waals surface area contributed by atoms with Gasteiger partial charge in [0.2, 0.25) is 0 Å². The van der Waals surface area contributed by atoms with Crippen molar-refractivity contribution in [1.29, 1.82) is 0 Å². The minimum Gasteiger partial charge on any atom is -0.492 e. The van der Waals surface area contributed by atoms with Crippen LogP contribution in [0.25, 0.3) is 0 Å². The van der Waals surface area contributed by atoms with Gasteiger partial charge in [0.1, 0.15) is 12.4 Å². The standard InChI is InChI=1S/C15H22ClNO2/c16-13-5-7-15(8-6-13)19-11-10-17-9-3-1-2-4-14(17)12-18/h5-8,14,18H,1-4,9-12H2. The normalized spacial score (nSPS) is 21.1. The maximum absolute atomic E-state index is 9.44. The van der Waals surface area contributed by atoms with E-state index >= 15 is 0 Å². The number of benzene rings is 1. The summed E-state index contributed by atoms with van der Waals surface area (Å²) in [5, 5.41) is 10.2. The Balaban J connectivity index is 1.78. The Kier molecular flexibility index (Phi) is 5.95. The predicted octanol–water partition coefficient (Wildman–Crippen LogP) is 2.96. The molecule has 0 spiro atoms. The third-order valence-electron chi connectivity index (χ3n) is 3.67. The number of aliphatic hydroxyl groups excluding tert-OH is 1. The number of hydrogen-bond donors (Lipinski definition) is 1. The van der Waals surface area contributed by atoms with Gasteiger partial charge in [-0.3, -0.25) is 4.90 Å². The van der Waals surface area contributed by atoms with E-state index in [4.69, 9.17) is 16.3 Å². The molecule has 1 atom stereocenters. The van der Waals surface area contributed by atoms with Gasteiger partial charge in [-0.1, -0.05) is 24.4 Å². The lowest BCUT2D eigenvalue weighted by molar-refractivity contribution is 0.108. The SMILES string of the molecule is OCC1CCCCCN1CCOc1ccc(Cl)cc1. The first-order chi connectivity index (χ1) is 9.29. The molecule has 1 aliphatic rings. The Hall–Kier alpha value is -0.770. The van der Waals surface area contributed by atoms with E-state index in [2.05, 4.69) is 4.90 Å². The van der Waals surface area contributed by atoms with Crippen molar-refractivity contribution < 1.29 is 9.84 Å². The van der Waals surface area contributed by atoms with Gasteiger partial charge in [-0.15, -0.1) is 0 Å². The fraction of sp³-hybridized carbons (Fsp3) is 0.600. The Bertz CT molecular complexity index is 369. The molecule has 0 bridgehead atoms. The lowest BCUT2D eigenvalue weighted by atomic mass is 10.1. The van der Waals surface area contributed by atoms with E-state index in [1.807, 2.05) is 24.3 Å². The summed E-state index contributed by atoms with van der Waals surface area (Å²) < 4.78 is 5.72. The fourth-order valence-electron chi connectivity index (χ4n) is 2.55. The lowest BCUT2D eigenvalue weighted by Crippen LogP contribution is -2.40. The van der Waals surface area contributed by atoms with Gasteiger partial charge in [-0.05, 0) is 43.7 Å². The minimum absolute atomic E-state index is 0.251. The summed E-state index contributed by atoms with van der Waals surface area (Å²) in [4.78, 5) is 2.35. The molecule has 1 saturated heterocycles. The van der Waals surface area contributed by atoms with Gasteiger partial charge in [0.25, 0.3) is 0 Å². The van der Waals surface area contributed by atoms with Crippen molar-refractivity contribution in [3.63, 3.8) is 0 Å². The Labute approximate surface area is 120 Å². The number of rotatable bonds is 5. The average molecular weight is 284 g/mol. The van der Waals surface area contributed by atoms with Crippen LogP contribution in [0.5, 0.6) is 5.75 Å². The van der Waals surface area contributed by atoms with Gasteiger partial charge in [-0.2, -0.15) is 0 Å². The van der Waals surface area contributed by atoms with E-state index in [1.54, 1.807) is 0 Å². The van der Waals surface area contributed by atoms with Crippen molar-refractivity contribution in [3.8, 4) is 5.75 Å². The first kappa shape index (κ1) is 14.6. The number of ether oxygens (including phenoxy) is 1. The quantitative estimate of drug-likeness (QED) is 0.902. The zero-order valence-electron chi connectivity index (χ0n) is 11.2. The summed E-state index contributed by atoms with van der Waals surface area (Å²) in [6.45, 7) is 2.84. The molecule has 106 valence electrons. The predicted molar refractivity (Wildman–Crippen MR) is 77.9 cm³/mol. The zero-order valence-corrected chi connectivity index (χ0v) is 12.0. The molecule has 1 fully saturated rings. The van der Waals surface area contributed by atoms with Crippen LogP contribution in [0, 0.1) is 0 Å². The number of hydrogen-bond acceptors (Lipinski definition) is 3. The van der Waals surface area contributed by atoms with Crippen LogP contribution in [0.15, 0.2) is 24.3 Å². The van der Waals surface area contributed by atoms with E-state index < -0.39 is 0 Å². The van der Waals surface area contributed by atoms with Crippen LogP contribution in [0.3, 0.4) is 0 Å². The Morgan fingerprint density at radius 1 is 1.21 bits per heavy atom. The first-order valence-corrected chi connectivity index (χ1v) is 7.40. The molecule has 0 aliphatic carbocycles. The van der Waals surface area contributed by atoms with Gasteiger partial charge < -0.3 is 9.84 Å². The van der Waals surface area contributed by atoms with Gasteiger partial charge in [-0.25, -0.2) is 0 Å². The molecule has 0 saturated carbocycles. The van der Waals surface area contributed by atoms with Crippen LogP contribution in [-0.4, -0.2) is 42.4 Å². The molecular weight excluding hydrogens is 262 g/mol. The molecule has 0 aromatic heterocycles. The summed E-state index contributed by atoms with van der Waals surface area (Å²) in [6.07, 6.45) is 4.81. The number of likely N-dealkylation sites (tertiary alicyclic amines) is 1. The molecule has 2 rings (SSSR count). The summed E-state index contributed by atoms with van der Waals surface area (Å²) in [6, 6.07) is 7.73. The monoisotopic (exact) mass is 283 g/mol. The van der Waals surface area contributed by atoms with Crippen molar-refractivity contribution in [1.82, 2.24) is 4.90 Å².